The number of nitrogens with zero attached hydrogens (tertiary/aromatic N) is 1. The number of carbonyl (C=O) groups is 2. The van der Waals surface area contributed by atoms with Gasteiger partial charge in [0.15, 0.2) is 6.10 Å². The smallest absolute Gasteiger partial charge is 0.410 e. The van der Waals surface area contributed by atoms with E-state index in [4.69, 9.17) is 25.8 Å². The van der Waals surface area contributed by atoms with Gasteiger partial charge in [-0.15, -0.1) is 0 Å². The Kier molecular flexibility index (Phi) is 7.03. The number of amides is 1. The summed E-state index contributed by atoms with van der Waals surface area (Å²) in [7, 11) is 1.67. The maximum Gasteiger partial charge on any atom is 0.410 e. The molecule has 0 N–H and O–H groups in total. The van der Waals surface area contributed by atoms with E-state index in [-0.39, 0.29) is 13.2 Å². The van der Waals surface area contributed by atoms with Gasteiger partial charge in [-0.3, -0.25) is 4.79 Å². The second-order valence-corrected chi connectivity index (χ2v) is 6.80. The van der Waals surface area contributed by atoms with Gasteiger partial charge in [-0.2, -0.15) is 0 Å². The average molecular weight is 404 g/mol. The van der Waals surface area contributed by atoms with Gasteiger partial charge >= 0.3 is 6.09 Å². The fraction of sp³-hybridized carbons (Fsp3) is 0.333. The lowest BCUT2D eigenvalue weighted by Crippen LogP contribution is -2.32. The van der Waals surface area contributed by atoms with Crippen LogP contribution in [0.5, 0.6) is 0 Å². The van der Waals surface area contributed by atoms with Gasteiger partial charge in [0.25, 0.3) is 0 Å². The first-order valence-corrected chi connectivity index (χ1v) is 9.39. The molecule has 7 heteroatoms. The second kappa shape index (κ2) is 9.68. The molecule has 0 saturated heterocycles. The molecule has 0 aromatic heterocycles. The van der Waals surface area contributed by atoms with Crippen LogP contribution >= 0.6 is 11.6 Å². The molecule has 2 aromatic rings. The highest BCUT2D eigenvalue weighted by atomic mass is 35.5. The molecule has 3 rings (SSSR count). The third kappa shape index (κ3) is 4.90. The number of hydrogen-bond donors (Lipinski definition) is 0. The molecule has 2 aromatic carbocycles. The van der Waals surface area contributed by atoms with Crippen LogP contribution in [0.4, 0.5) is 4.79 Å². The van der Waals surface area contributed by atoms with E-state index in [1.54, 1.807) is 7.05 Å². The van der Waals surface area contributed by atoms with Crippen LogP contribution in [-0.2, 0) is 19.0 Å². The minimum absolute atomic E-state index is 0.137. The third-order valence-electron chi connectivity index (χ3n) is 4.47. The standard InChI is InChI=1S/C21H22ClNO5/c1-23(10-11-26-12-13-27-14-19(22)24)21(25)28-20-17-8-4-2-6-15(17)16-7-3-5-9-18(16)20/h2-9,20H,10-14H2,1H3. The van der Waals surface area contributed by atoms with Crippen molar-refractivity contribution in [3.63, 3.8) is 0 Å². The Bertz CT molecular complexity index is 796. The maximum atomic E-state index is 12.5. The average Bonchev–Trinajstić information content (AvgIpc) is 3.01. The summed E-state index contributed by atoms with van der Waals surface area (Å²) < 4.78 is 16.2. The normalized spacial score (nSPS) is 12.4. The first-order chi connectivity index (χ1) is 13.6. The molecule has 1 amide bonds. The Balaban J connectivity index is 1.50. The predicted octanol–water partition coefficient (Wildman–Crippen LogP) is 3.62. The van der Waals surface area contributed by atoms with Crippen molar-refractivity contribution in [2.24, 2.45) is 0 Å². The van der Waals surface area contributed by atoms with Gasteiger partial charge in [0, 0.05) is 24.7 Å². The minimum atomic E-state index is -0.544. The minimum Gasteiger partial charge on any atom is -0.436 e. The van der Waals surface area contributed by atoms with Gasteiger partial charge < -0.3 is 19.1 Å². The molecule has 0 aliphatic heterocycles. The molecule has 0 fully saturated rings. The summed E-state index contributed by atoms with van der Waals surface area (Å²) in [6.45, 7) is 1.16. The van der Waals surface area contributed by atoms with E-state index < -0.39 is 17.4 Å². The van der Waals surface area contributed by atoms with Crippen molar-refractivity contribution in [1.29, 1.82) is 0 Å². The molecule has 0 radical (unpaired) electrons. The van der Waals surface area contributed by atoms with Crippen molar-refractivity contribution in [3.8, 4) is 11.1 Å². The van der Waals surface area contributed by atoms with E-state index in [0.29, 0.717) is 19.8 Å². The van der Waals surface area contributed by atoms with Gasteiger partial charge in [-0.25, -0.2) is 4.79 Å². The van der Waals surface area contributed by atoms with Crippen LogP contribution in [0, 0.1) is 0 Å². The number of fused-ring (bicyclic) bond motifs is 3. The first kappa shape index (κ1) is 20.3. The SMILES string of the molecule is CN(CCOCCOCC(=O)Cl)C(=O)OC1c2ccccc2-c2ccccc21. The molecule has 1 aliphatic rings. The van der Waals surface area contributed by atoms with Gasteiger partial charge in [0.05, 0.1) is 19.8 Å². The monoisotopic (exact) mass is 403 g/mol. The summed E-state index contributed by atoms with van der Waals surface area (Å²) in [5.74, 6) is 0. The molecule has 0 unspecified atom stereocenters. The van der Waals surface area contributed by atoms with Gasteiger partial charge in [0.2, 0.25) is 5.24 Å². The molecule has 0 bridgehead atoms. The summed E-state index contributed by atoms with van der Waals surface area (Å²) in [4.78, 5) is 24.5. The number of likely N-dealkylation sites (N-methyl/N-ethyl adjacent to an activating group) is 1. The lowest BCUT2D eigenvalue weighted by Gasteiger charge is -2.21. The third-order valence-corrected chi connectivity index (χ3v) is 4.57. The van der Waals surface area contributed by atoms with Crippen LogP contribution in [0.1, 0.15) is 17.2 Å². The predicted molar refractivity (Wildman–Crippen MR) is 105 cm³/mol. The number of benzene rings is 2. The maximum absolute atomic E-state index is 12.5. The van der Waals surface area contributed by atoms with E-state index in [1.165, 1.54) is 4.90 Å². The first-order valence-electron chi connectivity index (χ1n) is 9.01. The van der Waals surface area contributed by atoms with E-state index >= 15 is 0 Å². The van der Waals surface area contributed by atoms with Crippen LogP contribution < -0.4 is 0 Å². The zero-order valence-electron chi connectivity index (χ0n) is 15.6. The van der Waals surface area contributed by atoms with Crippen molar-refractivity contribution >= 4 is 22.9 Å². The molecular formula is C21H22ClNO5. The Morgan fingerprint density at radius 3 is 2.11 bits per heavy atom. The molecule has 28 heavy (non-hydrogen) atoms. The lowest BCUT2D eigenvalue weighted by molar-refractivity contribution is -0.116. The van der Waals surface area contributed by atoms with Gasteiger partial charge in [0.1, 0.15) is 6.61 Å². The van der Waals surface area contributed by atoms with Crippen molar-refractivity contribution in [2.75, 3.05) is 40.0 Å². The van der Waals surface area contributed by atoms with Gasteiger partial charge in [-0.1, -0.05) is 48.5 Å². The topological polar surface area (TPSA) is 65.1 Å². The van der Waals surface area contributed by atoms with Crippen molar-refractivity contribution in [1.82, 2.24) is 4.90 Å². The van der Waals surface area contributed by atoms with E-state index in [1.807, 2.05) is 48.5 Å². The molecule has 1 aliphatic carbocycles. The number of ether oxygens (including phenoxy) is 3. The molecule has 6 nitrogen and oxygen atoms in total. The number of halogens is 1. The Hall–Kier alpha value is -2.41. The van der Waals surface area contributed by atoms with E-state index in [9.17, 15) is 9.59 Å². The van der Waals surface area contributed by atoms with Crippen molar-refractivity contribution < 1.29 is 23.8 Å². The zero-order chi connectivity index (χ0) is 19.9. The fourth-order valence-electron chi connectivity index (χ4n) is 3.09. The molecule has 0 heterocycles. The summed E-state index contributed by atoms with van der Waals surface area (Å²) >= 11 is 5.16. The largest absolute Gasteiger partial charge is 0.436 e. The second-order valence-electron chi connectivity index (χ2n) is 6.38. The van der Waals surface area contributed by atoms with Crippen LogP contribution in [0.15, 0.2) is 48.5 Å². The quantitative estimate of drug-likeness (QED) is 0.472. The Morgan fingerprint density at radius 1 is 0.929 bits per heavy atom. The summed E-state index contributed by atoms with van der Waals surface area (Å²) in [5, 5.41) is -0.544. The molecular weight excluding hydrogens is 382 g/mol. The highest BCUT2D eigenvalue weighted by Crippen LogP contribution is 2.45. The van der Waals surface area contributed by atoms with E-state index in [2.05, 4.69) is 0 Å². The Labute approximate surface area is 168 Å². The van der Waals surface area contributed by atoms with Crippen molar-refractivity contribution in [2.45, 2.75) is 6.10 Å². The van der Waals surface area contributed by atoms with E-state index in [0.717, 1.165) is 22.3 Å². The van der Waals surface area contributed by atoms with Crippen LogP contribution in [0.25, 0.3) is 11.1 Å². The zero-order valence-corrected chi connectivity index (χ0v) is 16.4. The summed E-state index contributed by atoms with van der Waals surface area (Å²) in [6, 6.07) is 15.9. The summed E-state index contributed by atoms with van der Waals surface area (Å²) in [5.41, 5.74) is 4.18. The van der Waals surface area contributed by atoms with Crippen LogP contribution in [0.2, 0.25) is 0 Å². The van der Waals surface area contributed by atoms with Crippen molar-refractivity contribution in [3.05, 3.63) is 59.7 Å². The van der Waals surface area contributed by atoms with Gasteiger partial charge in [-0.05, 0) is 22.7 Å². The number of hydrogen-bond acceptors (Lipinski definition) is 5. The summed E-state index contributed by atoms with van der Waals surface area (Å²) in [6.07, 6.45) is -0.825. The van der Waals surface area contributed by atoms with Crippen LogP contribution in [-0.4, -0.2) is 56.3 Å². The number of rotatable bonds is 9. The fourth-order valence-corrected chi connectivity index (χ4v) is 3.17. The number of carbonyl (C=O) groups excluding carboxylic acids is 2. The van der Waals surface area contributed by atoms with Crippen LogP contribution in [0.3, 0.4) is 0 Å². The molecule has 0 spiro atoms. The Morgan fingerprint density at radius 2 is 1.50 bits per heavy atom. The highest BCUT2D eigenvalue weighted by molar-refractivity contribution is 6.63. The molecule has 0 saturated carbocycles. The molecule has 0 atom stereocenters. The highest BCUT2D eigenvalue weighted by Gasteiger charge is 2.31. The molecule has 148 valence electrons. The lowest BCUT2D eigenvalue weighted by atomic mass is 10.1.